The quantitative estimate of drug-likeness (QED) is 0.289. The van der Waals surface area contributed by atoms with Crippen LogP contribution in [-0.2, 0) is 9.53 Å². The Labute approximate surface area is 132 Å². The highest BCUT2D eigenvalue weighted by Crippen LogP contribution is 2.09. The summed E-state index contributed by atoms with van der Waals surface area (Å²) in [7, 11) is 0. The molecule has 0 amide bonds. The van der Waals surface area contributed by atoms with Gasteiger partial charge in [-0.2, -0.15) is 0 Å². The van der Waals surface area contributed by atoms with Gasteiger partial charge in [-0.1, -0.05) is 84.5 Å². The van der Waals surface area contributed by atoms with Gasteiger partial charge in [0.1, 0.15) is 0 Å². The number of rotatable bonds is 15. The maximum Gasteiger partial charge on any atom is 0.305 e. The van der Waals surface area contributed by atoms with Crippen molar-refractivity contribution in [3.8, 4) is 0 Å². The summed E-state index contributed by atoms with van der Waals surface area (Å²) in [4.78, 5) is 11.5. The van der Waals surface area contributed by atoms with E-state index in [0.717, 1.165) is 12.8 Å². The maximum atomic E-state index is 11.5. The minimum atomic E-state index is 0. The Bertz CT molecular complexity index is 207. The monoisotopic (exact) mass is 301 g/mol. The smallest absolute Gasteiger partial charge is 0.305 e. The van der Waals surface area contributed by atoms with Crippen LogP contribution in [0.25, 0.3) is 0 Å². The van der Waals surface area contributed by atoms with Crippen LogP contribution in [0, 0.1) is 0 Å². The lowest BCUT2D eigenvalue weighted by Crippen LogP contribution is -2.05. The Kier molecular flexibility index (Phi) is 21.0. The number of unbranched alkanes of at least 4 members (excludes halogenated alkanes) is 11. The lowest BCUT2D eigenvalue weighted by atomic mass is 10.1. The second-order valence-electron chi connectivity index (χ2n) is 5.86. The minimum Gasteiger partial charge on any atom is -0.466 e. The van der Waals surface area contributed by atoms with Gasteiger partial charge in [-0.15, -0.1) is 0 Å². The average molecular weight is 302 g/mol. The predicted molar refractivity (Wildman–Crippen MR) is 92.0 cm³/mol. The average Bonchev–Trinajstić information content (AvgIpc) is 2.45. The zero-order chi connectivity index (χ0) is 14.9. The molecular formula is C18H39NO2. The fourth-order valence-electron chi connectivity index (χ4n) is 2.37. The van der Waals surface area contributed by atoms with E-state index >= 15 is 0 Å². The van der Waals surface area contributed by atoms with Crippen LogP contribution in [0.4, 0.5) is 0 Å². The molecular weight excluding hydrogens is 262 g/mol. The van der Waals surface area contributed by atoms with Gasteiger partial charge in [0.15, 0.2) is 0 Å². The summed E-state index contributed by atoms with van der Waals surface area (Å²) >= 11 is 0. The van der Waals surface area contributed by atoms with E-state index in [1.807, 2.05) is 0 Å². The third kappa shape index (κ3) is 19.4. The first kappa shape index (κ1) is 22.7. The molecule has 0 aliphatic carbocycles. The lowest BCUT2D eigenvalue weighted by Gasteiger charge is -2.05. The van der Waals surface area contributed by atoms with E-state index in [-0.39, 0.29) is 12.1 Å². The van der Waals surface area contributed by atoms with Crippen molar-refractivity contribution in [1.82, 2.24) is 6.15 Å². The highest BCUT2D eigenvalue weighted by molar-refractivity contribution is 5.69. The molecule has 21 heavy (non-hydrogen) atoms. The molecule has 0 fully saturated rings. The van der Waals surface area contributed by atoms with E-state index in [4.69, 9.17) is 4.74 Å². The van der Waals surface area contributed by atoms with Crippen molar-refractivity contribution in [2.45, 2.75) is 104 Å². The topological polar surface area (TPSA) is 61.3 Å². The van der Waals surface area contributed by atoms with Crippen molar-refractivity contribution in [1.29, 1.82) is 0 Å². The molecule has 0 aromatic heterocycles. The largest absolute Gasteiger partial charge is 0.466 e. The van der Waals surface area contributed by atoms with E-state index in [9.17, 15) is 4.79 Å². The molecule has 0 saturated heterocycles. The Hall–Kier alpha value is -0.570. The molecule has 0 radical (unpaired) electrons. The molecule has 0 atom stereocenters. The Morgan fingerprint density at radius 1 is 0.667 bits per heavy atom. The van der Waals surface area contributed by atoms with Crippen LogP contribution in [-0.4, -0.2) is 12.6 Å². The van der Waals surface area contributed by atoms with Crippen LogP contribution in [0.3, 0.4) is 0 Å². The molecule has 0 aromatic carbocycles. The van der Waals surface area contributed by atoms with E-state index in [1.54, 1.807) is 0 Å². The summed E-state index contributed by atoms with van der Waals surface area (Å²) < 4.78 is 5.25. The van der Waals surface area contributed by atoms with Gasteiger partial charge in [-0.3, -0.25) is 4.79 Å². The van der Waals surface area contributed by atoms with Gasteiger partial charge < -0.3 is 10.9 Å². The van der Waals surface area contributed by atoms with Crippen LogP contribution in [0.2, 0.25) is 0 Å². The zero-order valence-corrected chi connectivity index (χ0v) is 14.6. The maximum absolute atomic E-state index is 11.5. The van der Waals surface area contributed by atoms with Crippen LogP contribution in [0.15, 0.2) is 0 Å². The second kappa shape index (κ2) is 19.4. The number of carbonyl (C=O) groups excluding carboxylic acids is 1. The van der Waals surface area contributed by atoms with E-state index in [2.05, 4.69) is 13.8 Å². The molecule has 128 valence electrons. The Balaban J connectivity index is 0. The zero-order valence-electron chi connectivity index (χ0n) is 14.6. The fourth-order valence-corrected chi connectivity index (χ4v) is 2.37. The molecule has 0 unspecified atom stereocenters. The van der Waals surface area contributed by atoms with Crippen molar-refractivity contribution in [2.24, 2.45) is 0 Å². The number of hydrogen-bond donors (Lipinski definition) is 1. The van der Waals surface area contributed by atoms with E-state index in [1.165, 1.54) is 70.6 Å². The van der Waals surface area contributed by atoms with Crippen molar-refractivity contribution in [2.75, 3.05) is 6.61 Å². The number of carbonyl (C=O) groups is 1. The first-order valence-corrected chi connectivity index (χ1v) is 8.96. The lowest BCUT2D eigenvalue weighted by molar-refractivity contribution is -0.143. The van der Waals surface area contributed by atoms with Crippen LogP contribution >= 0.6 is 0 Å². The van der Waals surface area contributed by atoms with Gasteiger partial charge in [0.05, 0.1) is 6.61 Å². The van der Waals surface area contributed by atoms with Crippen molar-refractivity contribution in [3.05, 3.63) is 0 Å². The molecule has 0 aromatic rings. The summed E-state index contributed by atoms with van der Waals surface area (Å²) in [6, 6.07) is 0. The summed E-state index contributed by atoms with van der Waals surface area (Å²) in [6.07, 6.45) is 16.9. The van der Waals surface area contributed by atoms with Crippen molar-refractivity contribution < 1.29 is 9.53 Å². The number of esters is 1. The van der Waals surface area contributed by atoms with Crippen molar-refractivity contribution >= 4 is 5.97 Å². The van der Waals surface area contributed by atoms with Gasteiger partial charge in [0.25, 0.3) is 0 Å². The second-order valence-corrected chi connectivity index (χ2v) is 5.86. The normalized spacial score (nSPS) is 10.2. The molecule has 0 aliphatic heterocycles. The fraction of sp³-hybridized carbons (Fsp3) is 0.944. The van der Waals surface area contributed by atoms with E-state index in [0.29, 0.717) is 13.0 Å². The van der Waals surface area contributed by atoms with Gasteiger partial charge in [0, 0.05) is 6.42 Å². The van der Waals surface area contributed by atoms with Gasteiger partial charge in [0.2, 0.25) is 0 Å². The molecule has 3 N–H and O–H groups in total. The molecule has 0 spiro atoms. The van der Waals surface area contributed by atoms with Crippen molar-refractivity contribution in [3.63, 3.8) is 0 Å². The number of ether oxygens (including phenoxy) is 1. The Morgan fingerprint density at radius 2 is 1.10 bits per heavy atom. The SMILES string of the molecule is CCCCCCCCCCOC(=O)CCCCCCC.N. The molecule has 0 saturated carbocycles. The van der Waals surface area contributed by atoms with Crippen LogP contribution in [0.1, 0.15) is 104 Å². The van der Waals surface area contributed by atoms with E-state index < -0.39 is 0 Å². The molecule has 0 heterocycles. The van der Waals surface area contributed by atoms with Crippen LogP contribution in [0.5, 0.6) is 0 Å². The summed E-state index contributed by atoms with van der Waals surface area (Å²) in [5.41, 5.74) is 0. The third-order valence-corrected chi connectivity index (χ3v) is 3.75. The minimum absolute atomic E-state index is 0. The molecule has 0 aliphatic rings. The first-order valence-electron chi connectivity index (χ1n) is 8.96. The number of hydrogen-bond acceptors (Lipinski definition) is 3. The predicted octanol–water partition coefficient (Wildman–Crippen LogP) is 6.19. The van der Waals surface area contributed by atoms with Gasteiger partial charge >= 0.3 is 5.97 Å². The molecule has 3 heteroatoms. The Morgan fingerprint density at radius 3 is 1.62 bits per heavy atom. The van der Waals surface area contributed by atoms with Gasteiger partial charge in [-0.05, 0) is 12.8 Å². The summed E-state index contributed by atoms with van der Waals surface area (Å²) in [6.45, 7) is 5.08. The highest BCUT2D eigenvalue weighted by atomic mass is 16.5. The molecule has 0 rings (SSSR count). The third-order valence-electron chi connectivity index (χ3n) is 3.75. The first-order chi connectivity index (χ1) is 9.81. The summed E-state index contributed by atoms with van der Waals surface area (Å²) in [5.74, 6) is 0.00412. The summed E-state index contributed by atoms with van der Waals surface area (Å²) in [5, 5.41) is 0. The molecule has 0 bridgehead atoms. The molecule has 3 nitrogen and oxygen atoms in total. The highest BCUT2D eigenvalue weighted by Gasteiger charge is 2.02. The van der Waals surface area contributed by atoms with Gasteiger partial charge in [-0.25, -0.2) is 0 Å². The standard InChI is InChI=1S/C18H36O2.H3N/c1-3-5-7-9-10-11-13-15-17-20-18(19)16-14-12-8-6-4-2;/h3-17H2,1-2H3;1H3. The van der Waals surface area contributed by atoms with Crippen LogP contribution < -0.4 is 6.15 Å².